The first-order valence-corrected chi connectivity index (χ1v) is 9.81. The van der Waals surface area contributed by atoms with Crippen LogP contribution in [0.3, 0.4) is 0 Å². The average molecular weight is 394 g/mol. The smallest absolute Gasteiger partial charge is 0.271 e. The maximum Gasteiger partial charge on any atom is 0.271 e. The van der Waals surface area contributed by atoms with Gasteiger partial charge in [0.15, 0.2) is 0 Å². The Bertz CT molecular complexity index is 1030. The molecule has 0 atom stereocenters. The second-order valence-corrected chi connectivity index (χ2v) is 8.68. The summed E-state index contributed by atoms with van der Waals surface area (Å²) < 4.78 is 1.35. The first kappa shape index (κ1) is 19.9. The number of nitrogens with zero attached hydrogens (tertiary/aromatic N) is 2. The van der Waals surface area contributed by atoms with Crippen molar-refractivity contribution in [2.75, 3.05) is 0 Å². The fraction of sp³-hybridized carbons (Fsp3) is 0.227. The topological polar surface area (TPSA) is 64.0 Å². The summed E-state index contributed by atoms with van der Waals surface area (Å²) in [7, 11) is 0. The molecule has 0 saturated carbocycles. The first-order chi connectivity index (χ1) is 13.2. The molecule has 0 radical (unpaired) electrons. The second kappa shape index (κ2) is 8.02. The van der Waals surface area contributed by atoms with Crippen molar-refractivity contribution in [3.63, 3.8) is 0 Å². The van der Waals surface area contributed by atoms with E-state index in [9.17, 15) is 9.59 Å². The van der Waals surface area contributed by atoms with Crippen molar-refractivity contribution >= 4 is 17.7 Å². The van der Waals surface area contributed by atoms with Crippen LogP contribution in [0.5, 0.6) is 0 Å². The van der Waals surface area contributed by atoms with Gasteiger partial charge in [0.1, 0.15) is 5.03 Å². The normalized spacial score (nSPS) is 11.3. The van der Waals surface area contributed by atoms with Crippen LogP contribution < -0.4 is 10.9 Å². The third-order valence-electron chi connectivity index (χ3n) is 3.88. The molecule has 5 nitrogen and oxygen atoms in total. The number of nitrogens with one attached hydrogen (secondary N) is 1. The minimum atomic E-state index is -0.310. The van der Waals surface area contributed by atoms with Gasteiger partial charge in [-0.1, -0.05) is 29.5 Å². The quantitative estimate of drug-likeness (QED) is 0.721. The predicted octanol–water partition coefficient (Wildman–Crippen LogP) is 4.22. The molecule has 1 aromatic heterocycles. The molecular formula is C22H23N3O2S. The Morgan fingerprint density at radius 1 is 0.964 bits per heavy atom. The Labute approximate surface area is 168 Å². The van der Waals surface area contributed by atoms with Gasteiger partial charge in [-0.3, -0.25) is 9.59 Å². The maximum atomic E-state index is 12.3. The number of hydrogen-bond donors (Lipinski definition) is 1. The van der Waals surface area contributed by atoms with Gasteiger partial charge in [-0.15, -0.1) is 0 Å². The molecule has 1 N–H and O–H groups in total. The number of rotatable bonds is 4. The number of aromatic nitrogens is 2. The molecule has 3 aromatic rings. The number of hydrogen-bond acceptors (Lipinski definition) is 4. The highest BCUT2D eigenvalue weighted by Gasteiger charge is 2.15. The van der Waals surface area contributed by atoms with E-state index in [2.05, 4.69) is 10.4 Å². The van der Waals surface area contributed by atoms with Crippen molar-refractivity contribution in [3.8, 4) is 5.69 Å². The fourth-order valence-corrected chi connectivity index (χ4v) is 3.30. The lowest BCUT2D eigenvalue weighted by atomic mass is 10.1. The Balaban J connectivity index is 1.84. The van der Waals surface area contributed by atoms with Gasteiger partial charge in [-0.05, 0) is 70.2 Å². The standard InChI is InChI=1S/C22H23N3O2S/c1-15-5-11-18(12-6-15)28-19-13-14-20(26)25(24-19)17-9-7-16(8-10-17)21(27)23-22(2,3)4/h5-14H,1-4H3,(H,23,27). The lowest BCUT2D eigenvalue weighted by molar-refractivity contribution is 0.0919. The van der Waals surface area contributed by atoms with E-state index in [-0.39, 0.29) is 17.0 Å². The van der Waals surface area contributed by atoms with Crippen molar-refractivity contribution in [1.82, 2.24) is 15.1 Å². The molecule has 28 heavy (non-hydrogen) atoms. The molecule has 0 aliphatic heterocycles. The van der Waals surface area contributed by atoms with Crippen LogP contribution in [0.4, 0.5) is 0 Å². The van der Waals surface area contributed by atoms with E-state index in [0.717, 1.165) is 9.92 Å². The van der Waals surface area contributed by atoms with Crippen molar-refractivity contribution in [2.24, 2.45) is 0 Å². The molecule has 2 aromatic carbocycles. The molecule has 0 aliphatic carbocycles. The predicted molar refractivity (Wildman–Crippen MR) is 112 cm³/mol. The molecule has 0 saturated heterocycles. The van der Waals surface area contributed by atoms with Gasteiger partial charge >= 0.3 is 0 Å². The lowest BCUT2D eigenvalue weighted by Crippen LogP contribution is -2.40. The van der Waals surface area contributed by atoms with Gasteiger partial charge in [0.2, 0.25) is 0 Å². The minimum Gasteiger partial charge on any atom is -0.347 e. The highest BCUT2D eigenvalue weighted by Crippen LogP contribution is 2.25. The van der Waals surface area contributed by atoms with Gasteiger partial charge in [0.05, 0.1) is 5.69 Å². The van der Waals surface area contributed by atoms with E-state index in [4.69, 9.17) is 0 Å². The van der Waals surface area contributed by atoms with Crippen LogP contribution in [0, 0.1) is 6.92 Å². The highest BCUT2D eigenvalue weighted by molar-refractivity contribution is 7.99. The lowest BCUT2D eigenvalue weighted by Gasteiger charge is -2.20. The Morgan fingerprint density at radius 3 is 2.21 bits per heavy atom. The van der Waals surface area contributed by atoms with E-state index in [1.165, 1.54) is 28.1 Å². The molecule has 0 spiro atoms. The molecule has 3 rings (SSSR count). The minimum absolute atomic E-state index is 0.150. The molecule has 0 aliphatic rings. The van der Waals surface area contributed by atoms with Gasteiger partial charge in [-0.25, -0.2) is 0 Å². The Hall–Kier alpha value is -2.86. The summed E-state index contributed by atoms with van der Waals surface area (Å²) in [5.74, 6) is -0.150. The van der Waals surface area contributed by atoms with E-state index >= 15 is 0 Å². The number of aryl methyl sites for hydroxylation is 1. The number of benzene rings is 2. The Kier molecular flexibility index (Phi) is 5.70. The van der Waals surface area contributed by atoms with Crippen LogP contribution in [-0.4, -0.2) is 21.2 Å². The largest absolute Gasteiger partial charge is 0.347 e. The summed E-state index contributed by atoms with van der Waals surface area (Å²) >= 11 is 1.49. The van der Waals surface area contributed by atoms with E-state index < -0.39 is 0 Å². The zero-order valence-electron chi connectivity index (χ0n) is 16.4. The summed E-state index contributed by atoms with van der Waals surface area (Å²) in [6.07, 6.45) is 0. The van der Waals surface area contributed by atoms with Crippen molar-refractivity contribution in [1.29, 1.82) is 0 Å². The zero-order chi connectivity index (χ0) is 20.3. The molecule has 1 amide bonds. The van der Waals surface area contributed by atoms with Crippen molar-refractivity contribution in [3.05, 3.63) is 82.1 Å². The van der Waals surface area contributed by atoms with Crippen LogP contribution in [0.1, 0.15) is 36.7 Å². The summed E-state index contributed by atoms with van der Waals surface area (Å²) in [6, 6.07) is 18.2. The van der Waals surface area contributed by atoms with Crippen LogP contribution in [0.25, 0.3) is 5.69 Å². The first-order valence-electron chi connectivity index (χ1n) is 8.99. The van der Waals surface area contributed by atoms with E-state index in [1.807, 2.05) is 52.0 Å². The Morgan fingerprint density at radius 2 is 1.61 bits per heavy atom. The summed E-state index contributed by atoms with van der Waals surface area (Å²) in [6.45, 7) is 7.83. The third kappa shape index (κ3) is 5.10. The molecule has 0 fully saturated rings. The molecule has 144 valence electrons. The summed E-state index contributed by atoms with van der Waals surface area (Å²) in [5.41, 5.74) is 1.81. The van der Waals surface area contributed by atoms with Crippen LogP contribution in [-0.2, 0) is 0 Å². The van der Waals surface area contributed by atoms with Crippen LogP contribution in [0.15, 0.2) is 75.4 Å². The van der Waals surface area contributed by atoms with Gasteiger partial charge < -0.3 is 5.32 Å². The van der Waals surface area contributed by atoms with Crippen LogP contribution >= 0.6 is 11.8 Å². The molecule has 0 unspecified atom stereocenters. The number of amides is 1. The zero-order valence-corrected chi connectivity index (χ0v) is 17.2. The van der Waals surface area contributed by atoms with E-state index in [0.29, 0.717) is 11.3 Å². The summed E-state index contributed by atoms with van der Waals surface area (Å²) in [4.78, 5) is 25.6. The number of carbonyl (C=O) groups is 1. The SMILES string of the molecule is Cc1ccc(Sc2ccc(=O)n(-c3ccc(C(=O)NC(C)(C)C)cc3)n2)cc1. The fourth-order valence-electron chi connectivity index (χ4n) is 2.53. The molecule has 1 heterocycles. The molecule has 6 heteroatoms. The molecular weight excluding hydrogens is 370 g/mol. The maximum absolute atomic E-state index is 12.3. The number of carbonyl (C=O) groups excluding carboxylic acids is 1. The van der Waals surface area contributed by atoms with Crippen molar-refractivity contribution in [2.45, 2.75) is 43.2 Å². The third-order valence-corrected chi connectivity index (χ3v) is 4.82. The van der Waals surface area contributed by atoms with Gasteiger partial charge in [0.25, 0.3) is 11.5 Å². The summed E-state index contributed by atoms with van der Waals surface area (Å²) in [5, 5.41) is 8.10. The van der Waals surface area contributed by atoms with Gasteiger partial charge in [-0.2, -0.15) is 9.78 Å². The van der Waals surface area contributed by atoms with Gasteiger partial charge in [0, 0.05) is 22.1 Å². The monoisotopic (exact) mass is 393 g/mol. The van der Waals surface area contributed by atoms with E-state index in [1.54, 1.807) is 30.3 Å². The highest BCUT2D eigenvalue weighted by atomic mass is 32.2. The second-order valence-electron chi connectivity index (χ2n) is 7.59. The average Bonchev–Trinajstić information content (AvgIpc) is 2.64. The van der Waals surface area contributed by atoms with Crippen molar-refractivity contribution < 1.29 is 4.79 Å². The van der Waals surface area contributed by atoms with Crippen LogP contribution in [0.2, 0.25) is 0 Å². The molecule has 0 bridgehead atoms.